The van der Waals surface area contributed by atoms with E-state index in [1.165, 1.54) is 12.1 Å². The van der Waals surface area contributed by atoms with E-state index in [4.69, 9.17) is 31.6 Å². The van der Waals surface area contributed by atoms with Crippen LogP contribution in [0.25, 0.3) is 0 Å². The number of halogens is 1. The molecule has 26 heavy (non-hydrogen) atoms. The lowest BCUT2D eigenvalue weighted by Crippen LogP contribution is -2.17. The predicted octanol–water partition coefficient (Wildman–Crippen LogP) is 3.16. The second-order valence-corrected chi connectivity index (χ2v) is 5.55. The van der Waals surface area contributed by atoms with E-state index in [9.17, 15) is 4.79 Å². The maximum atomic E-state index is 13.0. The first-order valence-electron chi connectivity index (χ1n) is 7.51. The van der Waals surface area contributed by atoms with Crippen LogP contribution in [0, 0.1) is 22.7 Å². The van der Waals surface area contributed by atoms with Gasteiger partial charge in [-0.15, -0.1) is 0 Å². The maximum Gasteiger partial charge on any atom is 0.237 e. The van der Waals surface area contributed by atoms with Crippen LogP contribution in [0.15, 0.2) is 41.5 Å². The molecule has 0 aromatic heterocycles. The van der Waals surface area contributed by atoms with E-state index in [0.717, 1.165) is 0 Å². The zero-order valence-corrected chi connectivity index (χ0v) is 14.1. The number of nitriles is 2. The molecule has 2 aromatic rings. The Morgan fingerprint density at radius 1 is 1.08 bits per heavy atom. The van der Waals surface area contributed by atoms with Crippen LogP contribution >= 0.6 is 11.6 Å². The molecule has 2 aromatic carbocycles. The lowest BCUT2D eigenvalue weighted by atomic mass is 10.0. The zero-order chi connectivity index (χ0) is 18.5. The van der Waals surface area contributed by atoms with E-state index in [2.05, 4.69) is 10.5 Å². The van der Waals surface area contributed by atoms with Gasteiger partial charge in [0, 0.05) is 11.6 Å². The molecule has 0 spiro atoms. The monoisotopic (exact) mass is 366 g/mol. The number of ether oxygens (including phenoxy) is 2. The molecule has 0 aliphatic carbocycles. The number of hydrogen-bond donors (Lipinski definition) is 1. The third-order valence-electron chi connectivity index (χ3n) is 3.55. The van der Waals surface area contributed by atoms with Gasteiger partial charge in [0.2, 0.25) is 5.71 Å². The van der Waals surface area contributed by atoms with Crippen LogP contribution in [0.3, 0.4) is 0 Å². The molecular weight excluding hydrogens is 356 g/mol. The summed E-state index contributed by atoms with van der Waals surface area (Å²) >= 11 is 6.13. The summed E-state index contributed by atoms with van der Waals surface area (Å²) in [5.41, 5.74) is 2.99. The van der Waals surface area contributed by atoms with Crippen LogP contribution in [0.4, 0.5) is 5.69 Å². The highest BCUT2D eigenvalue weighted by Gasteiger charge is 2.22. The van der Waals surface area contributed by atoms with Gasteiger partial charge in [-0.3, -0.25) is 10.2 Å². The van der Waals surface area contributed by atoms with Crippen molar-refractivity contribution in [3.8, 4) is 23.6 Å². The van der Waals surface area contributed by atoms with Gasteiger partial charge in [0.05, 0.1) is 16.3 Å². The summed E-state index contributed by atoms with van der Waals surface area (Å²) in [4.78, 5) is 13.0. The van der Waals surface area contributed by atoms with E-state index in [-0.39, 0.29) is 22.7 Å². The lowest BCUT2D eigenvalue weighted by molar-refractivity contribution is 0.103. The van der Waals surface area contributed by atoms with Gasteiger partial charge in [0.1, 0.15) is 25.4 Å². The molecule has 0 radical (unpaired) electrons. The van der Waals surface area contributed by atoms with Crippen molar-refractivity contribution in [2.24, 2.45) is 5.10 Å². The van der Waals surface area contributed by atoms with Gasteiger partial charge in [0.15, 0.2) is 17.3 Å². The van der Waals surface area contributed by atoms with Gasteiger partial charge in [-0.25, -0.2) is 0 Å². The first-order valence-corrected chi connectivity index (χ1v) is 7.88. The number of nitrogens with zero attached hydrogens (tertiary/aromatic N) is 3. The van der Waals surface area contributed by atoms with Crippen molar-refractivity contribution in [3.05, 3.63) is 52.5 Å². The third-order valence-corrected chi connectivity index (χ3v) is 3.88. The Bertz CT molecular complexity index is 973. The number of hydrazone groups is 1. The highest BCUT2D eigenvalue weighted by atomic mass is 35.5. The minimum absolute atomic E-state index is 0.223. The molecule has 128 valence electrons. The highest BCUT2D eigenvalue weighted by molar-refractivity contribution is 6.35. The van der Waals surface area contributed by atoms with Crippen LogP contribution in [-0.4, -0.2) is 24.7 Å². The van der Waals surface area contributed by atoms with E-state index in [1.807, 2.05) is 0 Å². The van der Waals surface area contributed by atoms with E-state index < -0.39 is 0 Å². The predicted molar refractivity (Wildman–Crippen MR) is 94.6 cm³/mol. The van der Waals surface area contributed by atoms with Crippen LogP contribution < -0.4 is 14.9 Å². The molecule has 0 fully saturated rings. The van der Waals surface area contributed by atoms with Crippen LogP contribution in [-0.2, 0) is 0 Å². The first kappa shape index (κ1) is 17.3. The highest BCUT2D eigenvalue weighted by Crippen LogP contribution is 2.37. The minimum atomic E-state index is -0.379. The van der Waals surface area contributed by atoms with Gasteiger partial charge >= 0.3 is 0 Å². The summed E-state index contributed by atoms with van der Waals surface area (Å²) in [5, 5.41) is 21.6. The Kier molecular flexibility index (Phi) is 5.02. The Hall–Kier alpha value is -3.55. The summed E-state index contributed by atoms with van der Waals surface area (Å²) in [7, 11) is 0. The summed E-state index contributed by atoms with van der Waals surface area (Å²) in [6.45, 7) is 0.736. The van der Waals surface area contributed by atoms with Gasteiger partial charge in [-0.1, -0.05) is 23.7 Å². The molecular formula is C18H11ClN4O3. The molecule has 7 nitrogen and oxygen atoms in total. The van der Waals surface area contributed by atoms with Gasteiger partial charge in [-0.2, -0.15) is 15.6 Å². The topological polar surface area (TPSA) is 108 Å². The number of carbonyl (C=O) groups is 1. The molecule has 1 N–H and O–H groups in total. The molecule has 0 unspecified atom stereocenters. The fourth-order valence-corrected chi connectivity index (χ4v) is 2.57. The standard InChI is InChI=1S/C18H11ClN4O3/c19-14-4-2-1-3-12(14)18(24)13-7-16-17(26-6-5-25-16)8-15(13)23-22-11(9-20)10-21/h1-4,7-8,23H,5-6H2. The fraction of sp³-hybridized carbons (Fsp3) is 0.111. The number of fused-ring (bicyclic) bond motifs is 1. The molecule has 1 heterocycles. The minimum Gasteiger partial charge on any atom is -0.486 e. The smallest absolute Gasteiger partial charge is 0.237 e. The van der Waals surface area contributed by atoms with E-state index >= 15 is 0 Å². The molecule has 0 atom stereocenters. The summed E-state index contributed by atoms with van der Waals surface area (Å²) in [6.07, 6.45) is 0. The third kappa shape index (κ3) is 3.44. The largest absolute Gasteiger partial charge is 0.486 e. The van der Waals surface area contributed by atoms with Crippen molar-refractivity contribution in [1.29, 1.82) is 10.5 Å². The van der Waals surface area contributed by atoms with Crippen molar-refractivity contribution in [1.82, 2.24) is 0 Å². The summed E-state index contributed by atoms with van der Waals surface area (Å²) < 4.78 is 11.0. The molecule has 0 saturated heterocycles. The maximum absolute atomic E-state index is 13.0. The second kappa shape index (κ2) is 7.56. The van der Waals surface area contributed by atoms with Crippen molar-refractivity contribution in [2.45, 2.75) is 0 Å². The number of ketones is 1. The molecule has 0 bridgehead atoms. The first-order chi connectivity index (χ1) is 12.6. The number of rotatable bonds is 4. The van der Waals surface area contributed by atoms with Crippen molar-refractivity contribution in [3.63, 3.8) is 0 Å². The molecule has 0 saturated carbocycles. The quantitative estimate of drug-likeness (QED) is 0.506. The SMILES string of the molecule is N#CC(C#N)=NNc1cc2c(cc1C(=O)c1ccccc1Cl)OCCO2. The Morgan fingerprint density at radius 2 is 1.73 bits per heavy atom. The number of hydrogen-bond acceptors (Lipinski definition) is 7. The number of anilines is 1. The number of nitrogens with one attached hydrogen (secondary N) is 1. The molecule has 3 rings (SSSR count). The lowest BCUT2D eigenvalue weighted by Gasteiger charge is -2.20. The Balaban J connectivity index is 2.09. The number of carbonyl (C=O) groups excluding carboxylic acids is 1. The van der Waals surface area contributed by atoms with E-state index in [0.29, 0.717) is 35.3 Å². The van der Waals surface area contributed by atoms with Gasteiger partial charge in [-0.05, 0) is 18.2 Å². The van der Waals surface area contributed by atoms with Crippen LogP contribution in [0.1, 0.15) is 15.9 Å². The average molecular weight is 367 g/mol. The summed E-state index contributed by atoms with van der Waals surface area (Å²) in [6, 6.07) is 13.0. The van der Waals surface area contributed by atoms with Crippen molar-refractivity contribution < 1.29 is 14.3 Å². The van der Waals surface area contributed by atoms with Crippen LogP contribution in [0.5, 0.6) is 11.5 Å². The van der Waals surface area contributed by atoms with Crippen LogP contribution in [0.2, 0.25) is 5.02 Å². The van der Waals surface area contributed by atoms with E-state index in [1.54, 1.807) is 36.4 Å². The number of benzene rings is 2. The van der Waals surface area contributed by atoms with Gasteiger partial charge < -0.3 is 9.47 Å². The second-order valence-electron chi connectivity index (χ2n) is 5.15. The fourth-order valence-electron chi connectivity index (χ4n) is 2.35. The van der Waals surface area contributed by atoms with Gasteiger partial charge in [0.25, 0.3) is 0 Å². The summed E-state index contributed by atoms with van der Waals surface area (Å²) in [5.74, 6) is 0.489. The zero-order valence-electron chi connectivity index (χ0n) is 13.3. The molecule has 8 heteroatoms. The normalized spacial score (nSPS) is 11.7. The molecule has 0 amide bonds. The Labute approximate surface area is 154 Å². The Morgan fingerprint density at radius 3 is 2.38 bits per heavy atom. The van der Waals surface area contributed by atoms with Crippen molar-refractivity contribution >= 4 is 28.8 Å². The molecule has 1 aliphatic heterocycles. The average Bonchev–Trinajstić information content (AvgIpc) is 2.68. The van der Waals surface area contributed by atoms with Crippen molar-refractivity contribution in [2.75, 3.05) is 18.6 Å². The molecule has 1 aliphatic rings.